The van der Waals surface area contributed by atoms with E-state index in [0.29, 0.717) is 12.5 Å². The number of allylic oxidation sites excluding steroid dienone is 2. The van der Waals surface area contributed by atoms with E-state index in [1.54, 1.807) is 0 Å². The summed E-state index contributed by atoms with van der Waals surface area (Å²) in [5.41, 5.74) is -3.56. The van der Waals surface area contributed by atoms with Crippen LogP contribution in [0.1, 0.15) is 33.6 Å². The quantitative estimate of drug-likeness (QED) is 0.482. The van der Waals surface area contributed by atoms with E-state index in [9.17, 15) is 13.3 Å². The molecule has 0 amide bonds. The third-order valence-corrected chi connectivity index (χ3v) is 3.81. The molecule has 0 heterocycles. The molecule has 0 saturated carbocycles. The maximum Gasteiger partial charge on any atom is 0.403 e. The van der Waals surface area contributed by atoms with E-state index in [4.69, 9.17) is 0 Å². The monoisotopic (exact) mass is 256 g/mol. The fraction of sp³-hybridized carbons (Fsp3) is 0.800. The van der Waals surface area contributed by atoms with Gasteiger partial charge in [-0.05, 0) is 26.3 Å². The van der Waals surface area contributed by atoms with Gasteiger partial charge < -0.3 is 9.05 Å². The molecule has 96 valence electrons. The third-order valence-electron chi connectivity index (χ3n) is 1.74. The molecule has 0 spiro atoms. The Kier molecular flexibility index (Phi) is 7.04. The SMILES string of the molecule is CCC/C=C/C(F)(F)P(=O)(OCC)OCC. The number of hydrogen-bond acceptors (Lipinski definition) is 3. The predicted molar refractivity (Wildman–Crippen MR) is 59.9 cm³/mol. The van der Waals surface area contributed by atoms with E-state index in [2.05, 4.69) is 9.05 Å². The molecule has 0 saturated heterocycles. The number of hydrogen-bond donors (Lipinski definition) is 0. The topological polar surface area (TPSA) is 35.5 Å². The molecule has 0 fully saturated rings. The summed E-state index contributed by atoms with van der Waals surface area (Å²) in [4.78, 5) is 0. The van der Waals surface area contributed by atoms with Gasteiger partial charge in [-0.2, -0.15) is 8.78 Å². The van der Waals surface area contributed by atoms with Crippen LogP contribution in [0.4, 0.5) is 8.78 Å². The molecule has 0 aromatic heterocycles. The summed E-state index contributed by atoms with van der Waals surface area (Å²) in [7, 11) is -4.38. The summed E-state index contributed by atoms with van der Waals surface area (Å²) >= 11 is 0. The fourth-order valence-corrected chi connectivity index (χ4v) is 2.42. The summed E-state index contributed by atoms with van der Waals surface area (Å²) in [5.74, 6) is 0. The van der Waals surface area contributed by atoms with Crippen LogP contribution >= 0.6 is 7.60 Å². The highest BCUT2D eigenvalue weighted by Gasteiger charge is 2.51. The van der Waals surface area contributed by atoms with Crippen molar-refractivity contribution in [1.29, 1.82) is 0 Å². The van der Waals surface area contributed by atoms with E-state index < -0.39 is 13.3 Å². The van der Waals surface area contributed by atoms with Gasteiger partial charge in [-0.25, -0.2) is 0 Å². The summed E-state index contributed by atoms with van der Waals surface area (Å²) in [6, 6.07) is 0. The highest BCUT2D eigenvalue weighted by atomic mass is 31.2. The van der Waals surface area contributed by atoms with Crippen molar-refractivity contribution in [3.8, 4) is 0 Å². The van der Waals surface area contributed by atoms with Gasteiger partial charge in [-0.15, -0.1) is 0 Å². The molecule has 3 nitrogen and oxygen atoms in total. The van der Waals surface area contributed by atoms with Crippen molar-refractivity contribution in [2.75, 3.05) is 13.2 Å². The van der Waals surface area contributed by atoms with Gasteiger partial charge in [0, 0.05) is 0 Å². The zero-order chi connectivity index (χ0) is 12.7. The lowest BCUT2D eigenvalue weighted by Gasteiger charge is -2.23. The second kappa shape index (κ2) is 7.15. The minimum absolute atomic E-state index is 0.0749. The molecular weight excluding hydrogens is 237 g/mol. The highest BCUT2D eigenvalue weighted by Crippen LogP contribution is 2.62. The summed E-state index contributed by atoms with van der Waals surface area (Å²) < 4.78 is 48.1. The highest BCUT2D eigenvalue weighted by molar-refractivity contribution is 7.55. The summed E-state index contributed by atoms with van der Waals surface area (Å²) in [6.07, 6.45) is 3.17. The number of halogens is 2. The molecule has 0 atom stereocenters. The van der Waals surface area contributed by atoms with Gasteiger partial charge in [0.2, 0.25) is 0 Å². The largest absolute Gasteiger partial charge is 0.403 e. The van der Waals surface area contributed by atoms with Gasteiger partial charge in [-0.3, -0.25) is 4.57 Å². The Labute approximate surface area is 95.4 Å². The van der Waals surface area contributed by atoms with Gasteiger partial charge in [-0.1, -0.05) is 19.4 Å². The van der Waals surface area contributed by atoms with Crippen LogP contribution in [0.25, 0.3) is 0 Å². The van der Waals surface area contributed by atoms with Gasteiger partial charge in [0.25, 0.3) is 0 Å². The Hall–Kier alpha value is -0.250. The Balaban J connectivity index is 4.81. The van der Waals surface area contributed by atoms with E-state index in [1.165, 1.54) is 19.9 Å². The Morgan fingerprint density at radius 1 is 1.19 bits per heavy atom. The first-order valence-corrected chi connectivity index (χ1v) is 6.92. The molecule has 0 aromatic carbocycles. The standard InChI is InChI=1S/C10H19F2O3P/c1-4-7-8-9-10(11,12)16(13,14-5-2)15-6-3/h8-9H,4-7H2,1-3H3/b9-8+. The third kappa shape index (κ3) is 4.32. The first-order valence-electron chi connectivity index (χ1n) is 5.38. The minimum Gasteiger partial charge on any atom is -0.304 e. The fourth-order valence-electron chi connectivity index (χ4n) is 1.03. The van der Waals surface area contributed by atoms with Crippen LogP contribution in [0.15, 0.2) is 12.2 Å². The maximum atomic E-state index is 13.6. The number of rotatable bonds is 8. The van der Waals surface area contributed by atoms with Crippen LogP contribution in [-0.4, -0.2) is 18.9 Å². The smallest absolute Gasteiger partial charge is 0.304 e. The van der Waals surface area contributed by atoms with Crippen LogP contribution in [0, 0.1) is 0 Å². The molecule has 0 aromatic rings. The molecule has 0 rings (SSSR count). The van der Waals surface area contributed by atoms with Gasteiger partial charge in [0.05, 0.1) is 13.2 Å². The molecule has 0 N–H and O–H groups in total. The van der Waals surface area contributed by atoms with Gasteiger partial charge >= 0.3 is 13.3 Å². The Morgan fingerprint density at radius 3 is 2.06 bits per heavy atom. The molecule has 0 unspecified atom stereocenters. The van der Waals surface area contributed by atoms with Crippen molar-refractivity contribution in [2.45, 2.75) is 39.3 Å². The lowest BCUT2D eigenvalue weighted by Crippen LogP contribution is -2.17. The first-order chi connectivity index (χ1) is 7.43. The van der Waals surface area contributed by atoms with Gasteiger partial charge in [0.1, 0.15) is 0 Å². The molecule has 0 aliphatic carbocycles. The Bertz CT molecular complexity index is 257. The normalized spacial score (nSPS) is 13.6. The average molecular weight is 256 g/mol. The molecule has 0 aliphatic heterocycles. The number of alkyl halides is 2. The van der Waals surface area contributed by atoms with Crippen LogP contribution in [0.5, 0.6) is 0 Å². The molecule has 0 aliphatic rings. The Morgan fingerprint density at radius 2 is 1.69 bits per heavy atom. The van der Waals surface area contributed by atoms with Crippen molar-refractivity contribution in [3.05, 3.63) is 12.2 Å². The lowest BCUT2D eigenvalue weighted by atomic mass is 10.3. The van der Waals surface area contributed by atoms with Crippen molar-refractivity contribution < 1.29 is 22.4 Å². The number of unbranched alkanes of at least 4 members (excludes halogenated alkanes) is 1. The second-order valence-corrected chi connectivity index (χ2v) is 5.22. The van der Waals surface area contributed by atoms with Crippen molar-refractivity contribution in [1.82, 2.24) is 0 Å². The van der Waals surface area contributed by atoms with Crippen LogP contribution < -0.4 is 0 Å². The van der Waals surface area contributed by atoms with Crippen LogP contribution in [-0.2, 0) is 13.6 Å². The molecule has 6 heteroatoms. The zero-order valence-electron chi connectivity index (χ0n) is 9.91. The van der Waals surface area contributed by atoms with E-state index in [1.807, 2.05) is 6.92 Å². The van der Waals surface area contributed by atoms with Crippen molar-refractivity contribution >= 4 is 7.60 Å². The summed E-state index contributed by atoms with van der Waals surface area (Å²) in [6.45, 7) is 4.71. The zero-order valence-corrected chi connectivity index (χ0v) is 10.8. The maximum absolute atomic E-state index is 13.6. The first kappa shape index (κ1) is 15.8. The molecule has 0 radical (unpaired) electrons. The predicted octanol–water partition coefficient (Wildman–Crippen LogP) is 4.20. The minimum atomic E-state index is -4.38. The van der Waals surface area contributed by atoms with Gasteiger partial charge in [0.15, 0.2) is 0 Å². The van der Waals surface area contributed by atoms with Crippen molar-refractivity contribution in [3.63, 3.8) is 0 Å². The average Bonchev–Trinajstić information content (AvgIpc) is 2.18. The van der Waals surface area contributed by atoms with Crippen LogP contribution in [0.3, 0.4) is 0 Å². The second-order valence-electron chi connectivity index (χ2n) is 3.11. The summed E-state index contributed by atoms with van der Waals surface area (Å²) in [5, 5.41) is 0. The van der Waals surface area contributed by atoms with E-state index in [0.717, 1.165) is 6.42 Å². The molecular formula is C10H19F2O3P. The van der Waals surface area contributed by atoms with Crippen LogP contribution in [0.2, 0.25) is 0 Å². The van der Waals surface area contributed by atoms with E-state index >= 15 is 0 Å². The lowest BCUT2D eigenvalue weighted by molar-refractivity contribution is 0.0791. The molecule has 0 bridgehead atoms. The van der Waals surface area contributed by atoms with Crippen molar-refractivity contribution in [2.24, 2.45) is 0 Å². The van der Waals surface area contributed by atoms with E-state index in [-0.39, 0.29) is 13.2 Å². The molecule has 16 heavy (non-hydrogen) atoms.